The summed E-state index contributed by atoms with van der Waals surface area (Å²) in [4.78, 5) is 0. The molecule has 3 rings (SSSR count). The molecule has 0 atom stereocenters. The molecule has 0 unspecified atom stereocenters. The average Bonchev–Trinajstić information content (AvgIpc) is 2.74. The summed E-state index contributed by atoms with van der Waals surface area (Å²) in [5, 5.41) is 10.2. The number of fused-ring (bicyclic) bond motifs is 1. The van der Waals surface area contributed by atoms with Crippen molar-refractivity contribution < 1.29 is 18.3 Å². The van der Waals surface area contributed by atoms with E-state index in [0.717, 1.165) is 6.07 Å². The Morgan fingerprint density at radius 3 is 2.67 bits per heavy atom. The van der Waals surface area contributed by atoms with E-state index in [9.17, 15) is 13.9 Å². The van der Waals surface area contributed by atoms with Gasteiger partial charge in [-0.15, -0.1) is 0 Å². The van der Waals surface area contributed by atoms with E-state index < -0.39 is 17.2 Å². The molecule has 1 saturated carbocycles. The van der Waals surface area contributed by atoms with Crippen molar-refractivity contribution in [2.75, 3.05) is 0 Å². The van der Waals surface area contributed by atoms with Crippen molar-refractivity contribution in [2.24, 2.45) is 0 Å². The molecule has 0 spiro atoms. The number of hydrogen-bond acceptors (Lipinski definition) is 2. The van der Waals surface area contributed by atoms with Crippen molar-refractivity contribution in [3.05, 3.63) is 35.6 Å². The number of furan rings is 1. The van der Waals surface area contributed by atoms with Crippen molar-refractivity contribution in [3.8, 4) is 0 Å². The minimum absolute atomic E-state index is 0.00623. The summed E-state index contributed by atoms with van der Waals surface area (Å²) < 4.78 is 31.7. The summed E-state index contributed by atoms with van der Waals surface area (Å²) in [6.07, 6.45) is 2.31. The molecule has 1 heterocycles. The van der Waals surface area contributed by atoms with E-state index in [1.165, 1.54) is 12.3 Å². The molecule has 0 bridgehead atoms. The van der Waals surface area contributed by atoms with E-state index in [4.69, 9.17) is 4.42 Å². The van der Waals surface area contributed by atoms with Crippen LogP contribution < -0.4 is 0 Å². The van der Waals surface area contributed by atoms with Gasteiger partial charge in [0.15, 0.2) is 11.4 Å². The zero-order valence-electron chi connectivity index (χ0n) is 7.76. The van der Waals surface area contributed by atoms with E-state index in [-0.39, 0.29) is 11.1 Å². The maximum Gasteiger partial charge on any atom is 0.170 e. The van der Waals surface area contributed by atoms with Crippen LogP contribution in [0.25, 0.3) is 11.0 Å². The van der Waals surface area contributed by atoms with Gasteiger partial charge in [0, 0.05) is 17.0 Å². The summed E-state index contributed by atoms with van der Waals surface area (Å²) in [5.74, 6) is -1.44. The fourth-order valence-electron chi connectivity index (χ4n) is 1.91. The maximum atomic E-state index is 13.6. The molecule has 2 aromatic rings. The SMILES string of the molecule is OC1(c2c(F)cc(F)c3occc23)CC1. The van der Waals surface area contributed by atoms with Gasteiger partial charge in [-0.3, -0.25) is 0 Å². The van der Waals surface area contributed by atoms with Crippen molar-refractivity contribution in [1.29, 1.82) is 0 Å². The number of rotatable bonds is 1. The van der Waals surface area contributed by atoms with Gasteiger partial charge in [0.2, 0.25) is 0 Å². The average molecular weight is 210 g/mol. The van der Waals surface area contributed by atoms with Crippen LogP contribution in [0.3, 0.4) is 0 Å². The molecule has 78 valence electrons. The molecular formula is C11H8F2O2. The lowest BCUT2D eigenvalue weighted by Gasteiger charge is -2.10. The normalized spacial score (nSPS) is 18.3. The summed E-state index contributed by atoms with van der Waals surface area (Å²) in [6, 6.07) is 2.24. The Labute approximate surface area is 84.1 Å². The van der Waals surface area contributed by atoms with Gasteiger partial charge in [-0.25, -0.2) is 8.78 Å². The predicted octanol–water partition coefficient (Wildman–Crippen LogP) is 2.69. The Balaban J connectivity index is 2.41. The molecule has 1 aliphatic rings. The summed E-state index contributed by atoms with van der Waals surface area (Å²) in [7, 11) is 0. The fraction of sp³-hybridized carbons (Fsp3) is 0.273. The molecule has 1 aromatic carbocycles. The Morgan fingerprint density at radius 1 is 1.27 bits per heavy atom. The van der Waals surface area contributed by atoms with Crippen LogP contribution in [0, 0.1) is 11.6 Å². The third-order valence-corrected chi connectivity index (χ3v) is 2.83. The molecular weight excluding hydrogens is 202 g/mol. The third-order valence-electron chi connectivity index (χ3n) is 2.83. The molecule has 0 aliphatic heterocycles. The summed E-state index contributed by atoms with van der Waals surface area (Å²) in [6.45, 7) is 0. The van der Waals surface area contributed by atoms with Crippen molar-refractivity contribution in [1.82, 2.24) is 0 Å². The highest BCUT2D eigenvalue weighted by molar-refractivity contribution is 5.83. The minimum atomic E-state index is -1.13. The molecule has 1 aliphatic carbocycles. The van der Waals surface area contributed by atoms with Crippen molar-refractivity contribution >= 4 is 11.0 Å². The van der Waals surface area contributed by atoms with Crippen molar-refractivity contribution in [3.63, 3.8) is 0 Å². The van der Waals surface area contributed by atoms with E-state index in [1.54, 1.807) is 0 Å². The highest BCUT2D eigenvalue weighted by Gasteiger charge is 2.45. The maximum absolute atomic E-state index is 13.6. The van der Waals surface area contributed by atoms with Crippen LogP contribution >= 0.6 is 0 Å². The molecule has 0 amide bonds. The van der Waals surface area contributed by atoms with Crippen LogP contribution in [0.4, 0.5) is 8.78 Å². The largest absolute Gasteiger partial charge is 0.461 e. The minimum Gasteiger partial charge on any atom is -0.461 e. The summed E-state index contributed by atoms with van der Waals surface area (Å²) >= 11 is 0. The second kappa shape index (κ2) is 2.58. The van der Waals surface area contributed by atoms with Crippen molar-refractivity contribution in [2.45, 2.75) is 18.4 Å². The van der Waals surface area contributed by atoms with E-state index in [0.29, 0.717) is 18.2 Å². The van der Waals surface area contributed by atoms with Crippen LogP contribution in [-0.4, -0.2) is 5.11 Å². The monoisotopic (exact) mass is 210 g/mol. The predicted molar refractivity (Wildman–Crippen MR) is 49.3 cm³/mol. The van der Waals surface area contributed by atoms with Crippen LogP contribution in [-0.2, 0) is 5.60 Å². The molecule has 4 heteroatoms. The van der Waals surface area contributed by atoms with E-state index >= 15 is 0 Å². The molecule has 1 fully saturated rings. The summed E-state index contributed by atoms with van der Waals surface area (Å²) in [5.41, 5.74) is -0.959. The van der Waals surface area contributed by atoms with Gasteiger partial charge >= 0.3 is 0 Å². The van der Waals surface area contributed by atoms with Gasteiger partial charge in [0.1, 0.15) is 5.82 Å². The topological polar surface area (TPSA) is 33.4 Å². The standard InChI is InChI=1S/C11H8F2O2/c12-7-5-8(13)10-6(1-4-15-10)9(7)11(14)2-3-11/h1,4-5,14H,2-3H2. The van der Waals surface area contributed by atoms with Gasteiger partial charge in [-0.1, -0.05) is 0 Å². The first kappa shape index (κ1) is 8.85. The molecule has 2 nitrogen and oxygen atoms in total. The smallest absolute Gasteiger partial charge is 0.170 e. The number of halogens is 2. The Bertz CT molecular complexity index is 541. The Hall–Kier alpha value is -1.42. The van der Waals surface area contributed by atoms with Gasteiger partial charge in [-0.05, 0) is 18.9 Å². The molecule has 1 aromatic heterocycles. The van der Waals surface area contributed by atoms with Crippen LogP contribution in [0.5, 0.6) is 0 Å². The number of hydrogen-bond donors (Lipinski definition) is 1. The lowest BCUT2D eigenvalue weighted by atomic mass is 10.0. The quantitative estimate of drug-likeness (QED) is 0.785. The third kappa shape index (κ3) is 1.11. The molecule has 0 radical (unpaired) electrons. The molecule has 0 saturated heterocycles. The van der Waals surface area contributed by atoms with E-state index in [2.05, 4.69) is 0 Å². The van der Waals surface area contributed by atoms with Gasteiger partial charge in [0.05, 0.1) is 11.9 Å². The number of aliphatic hydroxyl groups is 1. The Morgan fingerprint density at radius 2 is 2.00 bits per heavy atom. The van der Waals surface area contributed by atoms with Gasteiger partial charge in [0.25, 0.3) is 0 Å². The lowest BCUT2D eigenvalue weighted by Crippen LogP contribution is -2.08. The van der Waals surface area contributed by atoms with E-state index in [1.807, 2.05) is 0 Å². The molecule has 1 N–H and O–H groups in total. The highest BCUT2D eigenvalue weighted by Crippen LogP contribution is 2.49. The van der Waals surface area contributed by atoms with Crippen LogP contribution in [0.2, 0.25) is 0 Å². The van der Waals surface area contributed by atoms with Gasteiger partial charge < -0.3 is 9.52 Å². The second-order valence-corrected chi connectivity index (χ2v) is 3.91. The highest BCUT2D eigenvalue weighted by atomic mass is 19.1. The zero-order chi connectivity index (χ0) is 10.6. The first-order valence-corrected chi connectivity index (χ1v) is 4.70. The van der Waals surface area contributed by atoms with Gasteiger partial charge in [-0.2, -0.15) is 0 Å². The molecule has 15 heavy (non-hydrogen) atoms. The Kier molecular flexibility index (Phi) is 1.52. The van der Waals surface area contributed by atoms with Crippen LogP contribution in [0.15, 0.2) is 22.8 Å². The zero-order valence-corrected chi connectivity index (χ0v) is 7.76. The number of benzene rings is 1. The first-order chi connectivity index (χ1) is 7.12. The first-order valence-electron chi connectivity index (χ1n) is 4.70. The fourth-order valence-corrected chi connectivity index (χ4v) is 1.91. The second-order valence-electron chi connectivity index (χ2n) is 3.91. The lowest BCUT2D eigenvalue weighted by molar-refractivity contribution is 0.148. The van der Waals surface area contributed by atoms with Crippen LogP contribution in [0.1, 0.15) is 18.4 Å².